The van der Waals surface area contributed by atoms with Gasteiger partial charge in [-0.15, -0.1) is 0 Å². The highest BCUT2D eigenvalue weighted by atomic mass is 16.5. The normalized spacial score (nSPS) is 21.3. The lowest BCUT2D eigenvalue weighted by atomic mass is 10.1. The van der Waals surface area contributed by atoms with Crippen LogP contribution in [0.15, 0.2) is 48.7 Å². The van der Waals surface area contributed by atoms with Crippen LogP contribution >= 0.6 is 0 Å². The molecule has 2 saturated heterocycles. The van der Waals surface area contributed by atoms with E-state index in [9.17, 15) is 5.26 Å². The topological polar surface area (TPSA) is 80.9 Å². The van der Waals surface area contributed by atoms with Gasteiger partial charge in [0.15, 0.2) is 0 Å². The van der Waals surface area contributed by atoms with Gasteiger partial charge in [-0.2, -0.15) is 10.4 Å². The number of ether oxygens (including phenoxy) is 1. The van der Waals surface area contributed by atoms with Crippen LogP contribution in [0.3, 0.4) is 0 Å². The largest absolute Gasteiger partial charge is 0.370 e. The Bertz CT molecular complexity index is 1110. The van der Waals surface area contributed by atoms with Crippen LogP contribution in [-0.2, 0) is 11.3 Å². The molecule has 0 spiro atoms. The summed E-state index contributed by atoms with van der Waals surface area (Å²) < 4.78 is 7.94. The smallest absolute Gasteiger partial charge is 0.142 e. The number of benzene rings is 1. The molecule has 0 saturated carbocycles. The maximum atomic E-state index is 9.35. The zero-order valence-corrected chi connectivity index (χ0v) is 19.1. The molecule has 0 radical (unpaired) electrons. The molecular weight excluding hydrogens is 414 g/mol. The van der Waals surface area contributed by atoms with Gasteiger partial charge in [-0.05, 0) is 42.8 Å². The Balaban J connectivity index is 1.19. The number of nitriles is 1. The van der Waals surface area contributed by atoms with E-state index in [0.717, 1.165) is 63.6 Å². The SMILES string of the molecule is C[C@@H]1CN(c2ccc(C#N)n3nccc23)C[C@H](CNCc2ccc(N3CCNCC3)cc2)O1. The Labute approximate surface area is 194 Å². The summed E-state index contributed by atoms with van der Waals surface area (Å²) in [5, 5.41) is 20.7. The summed E-state index contributed by atoms with van der Waals surface area (Å²) in [4.78, 5) is 4.78. The van der Waals surface area contributed by atoms with E-state index in [1.54, 1.807) is 10.7 Å². The molecule has 2 aromatic heterocycles. The van der Waals surface area contributed by atoms with Crippen molar-refractivity contribution in [2.45, 2.75) is 25.7 Å². The number of rotatable bonds is 6. The van der Waals surface area contributed by atoms with E-state index in [-0.39, 0.29) is 12.2 Å². The summed E-state index contributed by atoms with van der Waals surface area (Å²) >= 11 is 0. The third kappa shape index (κ3) is 4.81. The van der Waals surface area contributed by atoms with Crippen molar-refractivity contribution >= 4 is 16.9 Å². The fraction of sp³-hybridized carbons (Fsp3) is 0.440. The number of hydrogen-bond donors (Lipinski definition) is 2. The molecule has 2 fully saturated rings. The maximum absolute atomic E-state index is 9.35. The van der Waals surface area contributed by atoms with Crippen LogP contribution in [0.2, 0.25) is 0 Å². The average Bonchev–Trinajstić information content (AvgIpc) is 3.34. The third-order valence-electron chi connectivity index (χ3n) is 6.43. The number of aromatic nitrogens is 2. The minimum Gasteiger partial charge on any atom is -0.370 e. The van der Waals surface area contributed by atoms with Crippen LogP contribution in [0.25, 0.3) is 5.52 Å². The van der Waals surface area contributed by atoms with Gasteiger partial charge in [0.2, 0.25) is 0 Å². The van der Waals surface area contributed by atoms with E-state index in [1.807, 2.05) is 18.2 Å². The Morgan fingerprint density at radius 3 is 2.70 bits per heavy atom. The standard InChI is InChI=1S/C25H31N7O/c1-19-17-31(24-7-6-22(14-26)32-25(24)8-9-29-32)18-23(33-19)16-28-15-20-2-4-21(5-3-20)30-12-10-27-11-13-30/h2-9,19,23,27-28H,10-13,15-18H2,1H3/t19-,23+/m1/s1. The summed E-state index contributed by atoms with van der Waals surface area (Å²) in [6.45, 7) is 9.57. The van der Waals surface area contributed by atoms with Crippen LogP contribution in [-0.4, -0.2) is 67.6 Å². The first-order chi connectivity index (χ1) is 16.2. The van der Waals surface area contributed by atoms with Crippen LogP contribution in [0.5, 0.6) is 0 Å². The number of nitrogens with one attached hydrogen (secondary N) is 2. The molecule has 8 nitrogen and oxygen atoms in total. The molecule has 2 aliphatic rings. The fourth-order valence-electron chi connectivity index (χ4n) is 4.83. The summed E-state index contributed by atoms with van der Waals surface area (Å²) in [5.41, 5.74) is 5.17. The number of pyridine rings is 1. The molecule has 172 valence electrons. The third-order valence-corrected chi connectivity index (χ3v) is 6.43. The lowest BCUT2D eigenvalue weighted by molar-refractivity contribution is -0.0147. The highest BCUT2D eigenvalue weighted by molar-refractivity contribution is 5.74. The first-order valence-electron chi connectivity index (χ1n) is 11.7. The van der Waals surface area contributed by atoms with E-state index in [0.29, 0.717) is 5.69 Å². The zero-order chi connectivity index (χ0) is 22.6. The minimum atomic E-state index is 0.0903. The van der Waals surface area contributed by atoms with Gasteiger partial charge in [0.25, 0.3) is 0 Å². The van der Waals surface area contributed by atoms with Gasteiger partial charge >= 0.3 is 0 Å². The predicted molar refractivity (Wildman–Crippen MR) is 130 cm³/mol. The van der Waals surface area contributed by atoms with E-state index in [4.69, 9.17) is 4.74 Å². The lowest BCUT2D eigenvalue weighted by Gasteiger charge is -2.38. The van der Waals surface area contributed by atoms with Gasteiger partial charge in [-0.3, -0.25) is 0 Å². The Hall–Kier alpha value is -3.12. The van der Waals surface area contributed by atoms with Crippen molar-refractivity contribution in [1.29, 1.82) is 5.26 Å². The van der Waals surface area contributed by atoms with E-state index in [2.05, 4.69) is 62.8 Å². The summed E-state index contributed by atoms with van der Waals surface area (Å²) in [6.07, 6.45) is 1.96. The van der Waals surface area contributed by atoms with Crippen LogP contribution in [0.4, 0.5) is 11.4 Å². The van der Waals surface area contributed by atoms with E-state index < -0.39 is 0 Å². The molecule has 5 rings (SSSR count). The van der Waals surface area contributed by atoms with Crippen molar-refractivity contribution in [1.82, 2.24) is 20.2 Å². The quantitative estimate of drug-likeness (QED) is 0.601. The predicted octanol–water partition coefficient (Wildman–Crippen LogP) is 2.00. The van der Waals surface area contributed by atoms with Gasteiger partial charge < -0.3 is 25.2 Å². The Morgan fingerprint density at radius 2 is 1.91 bits per heavy atom. The average molecular weight is 446 g/mol. The van der Waals surface area contributed by atoms with Crippen molar-refractivity contribution < 1.29 is 4.74 Å². The summed E-state index contributed by atoms with van der Waals surface area (Å²) in [7, 11) is 0. The van der Waals surface area contributed by atoms with Crippen molar-refractivity contribution in [3.8, 4) is 6.07 Å². The number of fused-ring (bicyclic) bond motifs is 1. The molecule has 0 amide bonds. The molecular formula is C25H31N7O. The first-order valence-corrected chi connectivity index (χ1v) is 11.7. The van der Waals surface area contributed by atoms with Crippen molar-refractivity contribution in [2.24, 2.45) is 0 Å². The molecule has 0 unspecified atom stereocenters. The monoisotopic (exact) mass is 445 g/mol. The maximum Gasteiger partial charge on any atom is 0.142 e. The number of piperazine rings is 1. The second-order valence-corrected chi connectivity index (χ2v) is 8.85. The second kappa shape index (κ2) is 9.79. The minimum absolute atomic E-state index is 0.0903. The molecule has 0 aliphatic carbocycles. The van der Waals surface area contributed by atoms with Gasteiger partial charge in [0, 0.05) is 58.0 Å². The number of hydrogen-bond acceptors (Lipinski definition) is 7. The molecule has 2 aliphatic heterocycles. The highest BCUT2D eigenvalue weighted by Crippen LogP contribution is 2.26. The van der Waals surface area contributed by atoms with Crippen LogP contribution < -0.4 is 20.4 Å². The zero-order valence-electron chi connectivity index (χ0n) is 19.1. The first kappa shape index (κ1) is 21.7. The molecule has 4 heterocycles. The molecule has 3 aromatic rings. The molecule has 2 N–H and O–H groups in total. The Kier molecular flexibility index (Phi) is 6.44. The highest BCUT2D eigenvalue weighted by Gasteiger charge is 2.26. The number of nitrogens with zero attached hydrogens (tertiary/aromatic N) is 5. The lowest BCUT2D eigenvalue weighted by Crippen LogP contribution is -2.50. The molecule has 8 heteroatoms. The van der Waals surface area contributed by atoms with Crippen LogP contribution in [0, 0.1) is 11.3 Å². The number of morpholine rings is 1. The molecule has 1 aromatic carbocycles. The van der Waals surface area contributed by atoms with Crippen LogP contribution in [0.1, 0.15) is 18.2 Å². The second-order valence-electron chi connectivity index (χ2n) is 8.85. The molecule has 0 bridgehead atoms. The Morgan fingerprint density at radius 1 is 1.09 bits per heavy atom. The molecule has 2 atom stereocenters. The van der Waals surface area contributed by atoms with Gasteiger partial charge in [0.05, 0.1) is 29.6 Å². The van der Waals surface area contributed by atoms with Crippen molar-refractivity contribution in [3.05, 3.63) is 59.9 Å². The van der Waals surface area contributed by atoms with Gasteiger partial charge in [-0.1, -0.05) is 12.1 Å². The van der Waals surface area contributed by atoms with Crippen molar-refractivity contribution in [2.75, 3.05) is 55.6 Å². The summed E-state index contributed by atoms with van der Waals surface area (Å²) in [6, 6.07) is 16.9. The number of anilines is 2. The molecule has 33 heavy (non-hydrogen) atoms. The van der Waals surface area contributed by atoms with Gasteiger partial charge in [-0.25, -0.2) is 4.52 Å². The summed E-state index contributed by atoms with van der Waals surface area (Å²) in [5.74, 6) is 0. The van der Waals surface area contributed by atoms with E-state index in [1.165, 1.54) is 11.3 Å². The fourth-order valence-corrected chi connectivity index (χ4v) is 4.83. The van der Waals surface area contributed by atoms with Crippen molar-refractivity contribution in [3.63, 3.8) is 0 Å². The van der Waals surface area contributed by atoms with Gasteiger partial charge in [0.1, 0.15) is 11.8 Å². The van der Waals surface area contributed by atoms with E-state index >= 15 is 0 Å².